The highest BCUT2D eigenvalue weighted by Crippen LogP contribution is 2.06. The maximum Gasteiger partial charge on any atom is 0.0716 e. The molecule has 0 aliphatic heterocycles. The van der Waals surface area contributed by atoms with Gasteiger partial charge in [0, 0.05) is 6.61 Å². The zero-order valence-electron chi connectivity index (χ0n) is 13.0. The third kappa shape index (κ3) is 9.80. The molecule has 1 rings (SSSR count). The van der Waals surface area contributed by atoms with Gasteiger partial charge in [0.25, 0.3) is 0 Å². The summed E-state index contributed by atoms with van der Waals surface area (Å²) in [5.74, 6) is 0. The molecule has 0 spiro atoms. The second kappa shape index (κ2) is 12.9. The average molecular weight is 274 g/mol. The van der Waals surface area contributed by atoms with Gasteiger partial charge in [0.05, 0.1) is 6.61 Å². The predicted octanol–water partition coefficient (Wildman–Crippen LogP) is 5.90. The first-order chi connectivity index (χ1) is 9.93. The molecule has 0 aliphatic carbocycles. The third-order valence-electron chi connectivity index (χ3n) is 3.41. The van der Waals surface area contributed by atoms with Crippen LogP contribution in [0.5, 0.6) is 0 Å². The number of rotatable bonds is 12. The quantitative estimate of drug-likeness (QED) is 0.340. The van der Waals surface area contributed by atoms with Gasteiger partial charge in [-0.05, 0) is 31.2 Å². The second-order valence-electron chi connectivity index (χ2n) is 5.35. The summed E-state index contributed by atoms with van der Waals surface area (Å²) in [4.78, 5) is 0. The van der Waals surface area contributed by atoms with Crippen molar-refractivity contribution in [3.05, 3.63) is 48.0 Å². The van der Waals surface area contributed by atoms with Gasteiger partial charge in [0.2, 0.25) is 0 Å². The Kier molecular flexibility index (Phi) is 11.0. The lowest BCUT2D eigenvalue weighted by Gasteiger charge is -2.02. The van der Waals surface area contributed by atoms with Crippen LogP contribution in [0.1, 0.15) is 63.9 Å². The minimum Gasteiger partial charge on any atom is -0.377 e. The molecule has 0 aliphatic rings. The first-order valence-corrected chi connectivity index (χ1v) is 8.20. The van der Waals surface area contributed by atoms with E-state index in [9.17, 15) is 0 Å². The topological polar surface area (TPSA) is 9.23 Å². The normalized spacial score (nSPS) is 11.2. The Labute approximate surface area is 125 Å². The average Bonchev–Trinajstić information content (AvgIpc) is 2.49. The molecule has 1 heteroatoms. The first-order valence-electron chi connectivity index (χ1n) is 8.20. The molecule has 0 bridgehead atoms. The number of hydrogen-bond donors (Lipinski definition) is 0. The van der Waals surface area contributed by atoms with Crippen molar-refractivity contribution in [2.24, 2.45) is 0 Å². The Morgan fingerprint density at radius 3 is 2.30 bits per heavy atom. The van der Waals surface area contributed by atoms with Crippen molar-refractivity contribution in [3.8, 4) is 0 Å². The molecule has 0 heterocycles. The number of unbranched alkanes of at least 4 members (excludes halogenated alkanes) is 6. The van der Waals surface area contributed by atoms with E-state index in [4.69, 9.17) is 4.74 Å². The van der Waals surface area contributed by atoms with Gasteiger partial charge in [-0.1, -0.05) is 75.1 Å². The van der Waals surface area contributed by atoms with E-state index in [1.165, 1.54) is 44.1 Å². The van der Waals surface area contributed by atoms with Crippen molar-refractivity contribution in [2.75, 3.05) is 6.61 Å². The summed E-state index contributed by atoms with van der Waals surface area (Å²) in [6.45, 7) is 3.86. The van der Waals surface area contributed by atoms with E-state index in [1.807, 2.05) is 6.07 Å². The Morgan fingerprint density at radius 1 is 0.850 bits per heavy atom. The zero-order chi connectivity index (χ0) is 14.3. The lowest BCUT2D eigenvalue weighted by molar-refractivity contribution is 0.119. The van der Waals surface area contributed by atoms with Crippen LogP contribution in [0.2, 0.25) is 0 Å². The fourth-order valence-corrected chi connectivity index (χ4v) is 2.17. The summed E-state index contributed by atoms with van der Waals surface area (Å²) < 4.78 is 5.66. The van der Waals surface area contributed by atoms with Crippen molar-refractivity contribution in [3.63, 3.8) is 0 Å². The molecule has 0 saturated heterocycles. The zero-order valence-corrected chi connectivity index (χ0v) is 13.0. The summed E-state index contributed by atoms with van der Waals surface area (Å²) in [5, 5.41) is 0. The Hall–Kier alpha value is -1.08. The Bertz CT molecular complexity index is 329. The Morgan fingerprint density at radius 2 is 1.55 bits per heavy atom. The molecule has 1 aromatic rings. The molecule has 0 fully saturated rings. The molecule has 0 saturated carbocycles. The van der Waals surface area contributed by atoms with Gasteiger partial charge in [-0.3, -0.25) is 0 Å². The van der Waals surface area contributed by atoms with Crippen LogP contribution in [0.4, 0.5) is 0 Å². The number of ether oxygens (including phenoxy) is 1. The molecule has 0 amide bonds. The predicted molar refractivity (Wildman–Crippen MR) is 87.8 cm³/mol. The highest BCUT2D eigenvalue weighted by Gasteiger charge is 1.91. The maximum atomic E-state index is 5.66. The largest absolute Gasteiger partial charge is 0.377 e. The van der Waals surface area contributed by atoms with Crippen LogP contribution in [0, 0.1) is 0 Å². The molecular formula is C19H30O. The highest BCUT2D eigenvalue weighted by atomic mass is 16.5. The fourth-order valence-electron chi connectivity index (χ4n) is 2.17. The molecule has 1 nitrogen and oxygen atoms in total. The standard InChI is InChI=1S/C19H30O/c1-2-3-4-5-6-7-8-9-10-14-17-20-18-19-15-12-11-13-16-19/h8-9,11-13,15-16H,2-7,10,14,17-18H2,1H3/b9-8+. The summed E-state index contributed by atoms with van der Waals surface area (Å²) in [5.41, 5.74) is 1.26. The molecule has 0 unspecified atom stereocenters. The lowest BCUT2D eigenvalue weighted by Crippen LogP contribution is -1.94. The van der Waals surface area contributed by atoms with Crippen LogP contribution in [0.3, 0.4) is 0 Å². The summed E-state index contributed by atoms with van der Waals surface area (Å²) in [7, 11) is 0. The van der Waals surface area contributed by atoms with Gasteiger partial charge in [0.1, 0.15) is 0 Å². The van der Waals surface area contributed by atoms with Crippen LogP contribution in [0.25, 0.3) is 0 Å². The smallest absolute Gasteiger partial charge is 0.0716 e. The van der Waals surface area contributed by atoms with Gasteiger partial charge in [-0.15, -0.1) is 0 Å². The first kappa shape index (κ1) is 17.0. The van der Waals surface area contributed by atoms with E-state index in [2.05, 4.69) is 43.3 Å². The van der Waals surface area contributed by atoms with Gasteiger partial charge >= 0.3 is 0 Å². The van der Waals surface area contributed by atoms with E-state index in [0.29, 0.717) is 0 Å². The van der Waals surface area contributed by atoms with Crippen molar-refractivity contribution in [2.45, 2.75) is 64.9 Å². The van der Waals surface area contributed by atoms with Crippen LogP contribution in [0.15, 0.2) is 42.5 Å². The second-order valence-corrected chi connectivity index (χ2v) is 5.35. The van der Waals surface area contributed by atoms with Crippen molar-refractivity contribution >= 4 is 0 Å². The van der Waals surface area contributed by atoms with Crippen LogP contribution >= 0.6 is 0 Å². The number of hydrogen-bond acceptors (Lipinski definition) is 1. The van der Waals surface area contributed by atoms with Crippen LogP contribution < -0.4 is 0 Å². The monoisotopic (exact) mass is 274 g/mol. The van der Waals surface area contributed by atoms with E-state index < -0.39 is 0 Å². The molecule has 1 aromatic carbocycles. The molecule has 0 N–H and O–H groups in total. The lowest BCUT2D eigenvalue weighted by atomic mass is 10.1. The van der Waals surface area contributed by atoms with Gasteiger partial charge < -0.3 is 4.74 Å². The SMILES string of the molecule is CCCCCCC/C=C/CCCOCc1ccccc1. The minimum atomic E-state index is 0.738. The third-order valence-corrected chi connectivity index (χ3v) is 3.41. The number of allylic oxidation sites excluding steroid dienone is 2. The summed E-state index contributed by atoms with van der Waals surface area (Å²) >= 11 is 0. The minimum absolute atomic E-state index is 0.738. The van der Waals surface area contributed by atoms with E-state index in [0.717, 1.165) is 26.1 Å². The fraction of sp³-hybridized carbons (Fsp3) is 0.579. The van der Waals surface area contributed by atoms with Crippen LogP contribution in [-0.2, 0) is 11.3 Å². The van der Waals surface area contributed by atoms with Gasteiger partial charge in [-0.2, -0.15) is 0 Å². The summed E-state index contributed by atoms with van der Waals surface area (Å²) in [6.07, 6.45) is 15.0. The molecule has 0 radical (unpaired) electrons. The van der Waals surface area contributed by atoms with Crippen molar-refractivity contribution in [1.82, 2.24) is 0 Å². The number of benzene rings is 1. The van der Waals surface area contributed by atoms with E-state index >= 15 is 0 Å². The van der Waals surface area contributed by atoms with Crippen molar-refractivity contribution < 1.29 is 4.74 Å². The molecular weight excluding hydrogens is 244 g/mol. The van der Waals surface area contributed by atoms with Crippen LogP contribution in [-0.4, -0.2) is 6.61 Å². The maximum absolute atomic E-state index is 5.66. The molecule has 0 atom stereocenters. The molecule has 112 valence electrons. The van der Waals surface area contributed by atoms with Crippen molar-refractivity contribution in [1.29, 1.82) is 0 Å². The van der Waals surface area contributed by atoms with Gasteiger partial charge in [0.15, 0.2) is 0 Å². The van der Waals surface area contributed by atoms with E-state index in [-0.39, 0.29) is 0 Å². The highest BCUT2D eigenvalue weighted by molar-refractivity contribution is 5.13. The Balaban J connectivity index is 1.84. The molecule has 20 heavy (non-hydrogen) atoms. The van der Waals surface area contributed by atoms with Gasteiger partial charge in [-0.25, -0.2) is 0 Å². The van der Waals surface area contributed by atoms with E-state index in [1.54, 1.807) is 0 Å². The summed E-state index contributed by atoms with van der Waals surface area (Å²) in [6, 6.07) is 10.4. The molecule has 0 aromatic heterocycles.